The first-order valence-corrected chi connectivity index (χ1v) is 7.76. The average Bonchev–Trinajstić information content (AvgIpc) is 2.48. The van der Waals surface area contributed by atoms with E-state index in [-0.39, 0.29) is 11.8 Å². The van der Waals surface area contributed by atoms with E-state index >= 15 is 0 Å². The highest BCUT2D eigenvalue weighted by atomic mass is 16.3. The Morgan fingerprint density at radius 2 is 2.15 bits per heavy atom. The third-order valence-corrected chi connectivity index (χ3v) is 4.30. The molecule has 110 valence electrons. The van der Waals surface area contributed by atoms with Gasteiger partial charge in [-0.3, -0.25) is 4.79 Å². The second kappa shape index (κ2) is 6.89. The minimum atomic E-state index is -0.466. The number of rotatable bonds is 6. The molecule has 1 amide bonds. The van der Waals surface area contributed by atoms with Crippen molar-refractivity contribution in [3.8, 4) is 0 Å². The van der Waals surface area contributed by atoms with Crippen LogP contribution in [0.3, 0.4) is 0 Å². The van der Waals surface area contributed by atoms with Gasteiger partial charge in [0.15, 0.2) is 0 Å². The van der Waals surface area contributed by atoms with Crippen LogP contribution in [-0.4, -0.2) is 17.6 Å². The molecule has 0 radical (unpaired) electrons. The molecule has 1 aliphatic heterocycles. The minimum Gasteiger partial charge on any atom is -0.388 e. The van der Waals surface area contributed by atoms with Crippen molar-refractivity contribution in [1.29, 1.82) is 0 Å². The van der Waals surface area contributed by atoms with Gasteiger partial charge in [0.2, 0.25) is 0 Å². The normalized spacial score (nSPS) is 17.2. The Kier molecular flexibility index (Phi) is 5.18. The van der Waals surface area contributed by atoms with E-state index in [1.165, 1.54) is 0 Å². The van der Waals surface area contributed by atoms with Gasteiger partial charge in [0.1, 0.15) is 0 Å². The van der Waals surface area contributed by atoms with Crippen LogP contribution in [0.25, 0.3) is 0 Å². The number of benzene rings is 1. The van der Waals surface area contributed by atoms with Crippen molar-refractivity contribution in [2.24, 2.45) is 5.92 Å². The molecule has 1 heterocycles. The Balaban J connectivity index is 2.19. The Morgan fingerprint density at radius 3 is 2.85 bits per heavy atom. The third kappa shape index (κ3) is 3.21. The number of carbonyl (C=O) groups excluding carboxylic acids is 1. The topological polar surface area (TPSA) is 49.3 Å². The number of nitrogens with one attached hydrogen (secondary N) is 1. The zero-order valence-corrected chi connectivity index (χ0v) is 12.5. The number of unbranched alkanes of at least 4 members (excludes halogenated alkanes) is 1. The molecule has 2 rings (SSSR count). The van der Waals surface area contributed by atoms with E-state index in [0.29, 0.717) is 6.54 Å². The molecule has 0 saturated carbocycles. The molecule has 3 heteroatoms. The first-order valence-electron chi connectivity index (χ1n) is 7.76. The van der Waals surface area contributed by atoms with Crippen molar-refractivity contribution < 1.29 is 9.90 Å². The lowest BCUT2D eigenvalue weighted by molar-refractivity contribution is 0.0938. The fraction of sp³-hybridized carbons (Fsp3) is 0.588. The van der Waals surface area contributed by atoms with E-state index in [1.807, 2.05) is 18.2 Å². The van der Waals surface area contributed by atoms with Crippen LogP contribution in [0.5, 0.6) is 0 Å². The maximum absolute atomic E-state index is 11.9. The van der Waals surface area contributed by atoms with Gasteiger partial charge in [0, 0.05) is 12.1 Å². The Morgan fingerprint density at radius 1 is 1.35 bits per heavy atom. The maximum atomic E-state index is 11.9. The lowest BCUT2D eigenvalue weighted by Gasteiger charge is -2.24. The summed E-state index contributed by atoms with van der Waals surface area (Å²) in [5, 5.41) is 13.4. The first-order chi connectivity index (χ1) is 9.67. The minimum absolute atomic E-state index is 0.0121. The Bertz CT molecular complexity index is 470. The van der Waals surface area contributed by atoms with Crippen LogP contribution in [0.1, 0.15) is 67.1 Å². The predicted octanol–water partition coefficient (Wildman–Crippen LogP) is 3.22. The van der Waals surface area contributed by atoms with Crippen molar-refractivity contribution in [3.63, 3.8) is 0 Å². The molecule has 0 bridgehead atoms. The molecule has 3 nitrogen and oxygen atoms in total. The van der Waals surface area contributed by atoms with Gasteiger partial charge in [0.05, 0.1) is 6.10 Å². The highest BCUT2D eigenvalue weighted by molar-refractivity contribution is 5.96. The van der Waals surface area contributed by atoms with E-state index < -0.39 is 6.10 Å². The molecular weight excluding hydrogens is 250 g/mol. The van der Waals surface area contributed by atoms with Gasteiger partial charge in [-0.15, -0.1) is 0 Å². The van der Waals surface area contributed by atoms with E-state index in [2.05, 4.69) is 19.2 Å². The SMILES string of the molecule is CCCCC(CC)C(O)c1ccc2c(c1)C(=O)NCC2. The number of fused-ring (bicyclic) bond motifs is 1. The molecule has 2 unspecified atom stereocenters. The highest BCUT2D eigenvalue weighted by Gasteiger charge is 2.22. The Labute approximate surface area is 121 Å². The molecule has 1 aromatic rings. The predicted molar refractivity (Wildman–Crippen MR) is 80.7 cm³/mol. The molecule has 0 fully saturated rings. The summed E-state index contributed by atoms with van der Waals surface area (Å²) < 4.78 is 0. The van der Waals surface area contributed by atoms with Crippen molar-refractivity contribution in [3.05, 3.63) is 34.9 Å². The molecule has 2 N–H and O–H groups in total. The summed E-state index contributed by atoms with van der Waals surface area (Å²) in [6, 6.07) is 5.86. The van der Waals surface area contributed by atoms with Gasteiger partial charge in [-0.05, 0) is 36.0 Å². The van der Waals surface area contributed by atoms with Crippen molar-refractivity contribution in [2.75, 3.05) is 6.54 Å². The van der Waals surface area contributed by atoms with Crippen molar-refractivity contribution >= 4 is 5.91 Å². The largest absolute Gasteiger partial charge is 0.388 e. The van der Waals surface area contributed by atoms with Crippen LogP contribution in [0.15, 0.2) is 18.2 Å². The monoisotopic (exact) mass is 275 g/mol. The second-order valence-electron chi connectivity index (χ2n) is 5.68. The summed E-state index contributed by atoms with van der Waals surface area (Å²) in [6.45, 7) is 5.00. The number of hydrogen-bond acceptors (Lipinski definition) is 2. The summed E-state index contributed by atoms with van der Waals surface area (Å²) in [5.74, 6) is 0.265. The van der Waals surface area contributed by atoms with Crippen molar-refractivity contribution in [2.45, 2.75) is 52.1 Å². The summed E-state index contributed by atoms with van der Waals surface area (Å²) in [6.07, 6.45) is 4.70. The number of aliphatic hydroxyl groups is 1. The molecule has 0 aliphatic carbocycles. The van der Waals surface area contributed by atoms with Gasteiger partial charge in [0.25, 0.3) is 5.91 Å². The van der Waals surface area contributed by atoms with Crippen molar-refractivity contribution in [1.82, 2.24) is 5.32 Å². The van der Waals surface area contributed by atoms with Crippen LogP contribution in [0, 0.1) is 5.92 Å². The summed E-state index contributed by atoms with van der Waals surface area (Å²) >= 11 is 0. The van der Waals surface area contributed by atoms with E-state index in [0.717, 1.165) is 48.8 Å². The third-order valence-electron chi connectivity index (χ3n) is 4.30. The molecule has 0 spiro atoms. The molecule has 1 aliphatic rings. The second-order valence-corrected chi connectivity index (χ2v) is 5.68. The number of hydrogen-bond donors (Lipinski definition) is 2. The fourth-order valence-corrected chi connectivity index (χ4v) is 2.94. The van der Waals surface area contributed by atoms with E-state index in [1.54, 1.807) is 0 Å². The zero-order chi connectivity index (χ0) is 14.5. The van der Waals surface area contributed by atoms with Crippen LogP contribution < -0.4 is 5.32 Å². The molecule has 1 aromatic carbocycles. The van der Waals surface area contributed by atoms with E-state index in [4.69, 9.17) is 0 Å². The fourth-order valence-electron chi connectivity index (χ4n) is 2.94. The van der Waals surface area contributed by atoms with Crippen LogP contribution in [-0.2, 0) is 6.42 Å². The first kappa shape index (κ1) is 15.0. The van der Waals surface area contributed by atoms with Gasteiger partial charge in [-0.2, -0.15) is 0 Å². The van der Waals surface area contributed by atoms with Crippen LogP contribution >= 0.6 is 0 Å². The summed E-state index contributed by atoms with van der Waals surface area (Å²) in [4.78, 5) is 11.9. The molecule has 0 aromatic heterocycles. The summed E-state index contributed by atoms with van der Waals surface area (Å²) in [5.41, 5.74) is 2.70. The quantitative estimate of drug-likeness (QED) is 0.837. The smallest absolute Gasteiger partial charge is 0.251 e. The lowest BCUT2D eigenvalue weighted by Crippen LogP contribution is -2.32. The molecule has 20 heavy (non-hydrogen) atoms. The van der Waals surface area contributed by atoms with Gasteiger partial charge in [-0.1, -0.05) is 45.2 Å². The Hall–Kier alpha value is -1.35. The van der Waals surface area contributed by atoms with Crippen LogP contribution in [0.2, 0.25) is 0 Å². The number of aliphatic hydroxyl groups excluding tert-OH is 1. The summed E-state index contributed by atoms with van der Waals surface area (Å²) in [7, 11) is 0. The van der Waals surface area contributed by atoms with Gasteiger partial charge >= 0.3 is 0 Å². The van der Waals surface area contributed by atoms with E-state index in [9.17, 15) is 9.90 Å². The molecular formula is C17H25NO2. The number of amides is 1. The van der Waals surface area contributed by atoms with Crippen LogP contribution in [0.4, 0.5) is 0 Å². The maximum Gasteiger partial charge on any atom is 0.251 e. The standard InChI is InChI=1S/C17H25NO2/c1-3-5-6-12(4-2)16(19)14-8-7-13-9-10-18-17(20)15(13)11-14/h7-8,11-12,16,19H,3-6,9-10H2,1-2H3,(H,18,20). The molecule has 2 atom stereocenters. The molecule has 0 saturated heterocycles. The van der Waals surface area contributed by atoms with Gasteiger partial charge < -0.3 is 10.4 Å². The van der Waals surface area contributed by atoms with Gasteiger partial charge in [-0.25, -0.2) is 0 Å². The zero-order valence-electron chi connectivity index (χ0n) is 12.5. The average molecular weight is 275 g/mol. The number of carbonyl (C=O) groups is 1. The highest BCUT2D eigenvalue weighted by Crippen LogP contribution is 2.30. The lowest BCUT2D eigenvalue weighted by atomic mass is 9.87.